The van der Waals surface area contributed by atoms with Crippen molar-refractivity contribution in [3.05, 3.63) is 35.9 Å². The first-order valence-electron chi connectivity index (χ1n) is 7.46. The van der Waals surface area contributed by atoms with E-state index in [-0.39, 0.29) is 18.6 Å². The molecule has 0 radical (unpaired) electrons. The summed E-state index contributed by atoms with van der Waals surface area (Å²) in [6, 6.07) is 10.5. The quantitative estimate of drug-likeness (QED) is 0.880. The average Bonchev–Trinajstić information content (AvgIpc) is 3.11. The van der Waals surface area contributed by atoms with Crippen LogP contribution in [0.5, 0.6) is 0 Å². The zero-order valence-corrected chi connectivity index (χ0v) is 11.7. The van der Waals surface area contributed by atoms with Crippen LogP contribution in [0.1, 0.15) is 24.3 Å². The van der Waals surface area contributed by atoms with E-state index in [9.17, 15) is 4.79 Å². The van der Waals surface area contributed by atoms with Gasteiger partial charge in [0.2, 0.25) is 0 Å². The van der Waals surface area contributed by atoms with Gasteiger partial charge in [0.1, 0.15) is 0 Å². The minimum Gasteiger partial charge on any atom is -0.396 e. The number of nitrogens with one attached hydrogen (secondary N) is 1. The van der Waals surface area contributed by atoms with Crippen LogP contribution in [0.15, 0.2) is 30.3 Å². The molecule has 2 N–H and O–H groups in total. The van der Waals surface area contributed by atoms with Crippen molar-refractivity contribution in [3.8, 4) is 0 Å². The summed E-state index contributed by atoms with van der Waals surface area (Å²) in [5.41, 5.74) is 1.38. The molecule has 1 saturated carbocycles. The van der Waals surface area contributed by atoms with Crippen molar-refractivity contribution < 1.29 is 9.90 Å². The number of likely N-dealkylation sites (tertiary alicyclic amines) is 1. The van der Waals surface area contributed by atoms with Crippen molar-refractivity contribution in [2.75, 3.05) is 26.2 Å². The molecule has 1 saturated heterocycles. The van der Waals surface area contributed by atoms with Crippen molar-refractivity contribution in [1.82, 2.24) is 10.2 Å². The van der Waals surface area contributed by atoms with E-state index in [4.69, 9.17) is 5.11 Å². The van der Waals surface area contributed by atoms with Crippen LogP contribution in [0.2, 0.25) is 0 Å². The molecule has 2 fully saturated rings. The molecule has 1 aliphatic carbocycles. The first kappa shape index (κ1) is 13.4. The summed E-state index contributed by atoms with van der Waals surface area (Å²) in [7, 11) is 0. The van der Waals surface area contributed by atoms with Gasteiger partial charge in [-0.3, -0.25) is 0 Å². The predicted octanol–water partition coefficient (Wildman–Crippen LogP) is 1.81. The topological polar surface area (TPSA) is 52.6 Å². The molecule has 0 aromatic heterocycles. The summed E-state index contributed by atoms with van der Waals surface area (Å²) in [6.07, 6.45) is 2.09. The number of aliphatic hydroxyl groups is 1. The normalized spacial score (nSPS) is 28.4. The molecule has 3 atom stereocenters. The maximum atomic E-state index is 12.0. The summed E-state index contributed by atoms with van der Waals surface area (Å²) in [6.45, 7) is 2.40. The van der Waals surface area contributed by atoms with Gasteiger partial charge in [-0.1, -0.05) is 30.3 Å². The van der Waals surface area contributed by atoms with E-state index in [1.54, 1.807) is 0 Å². The number of carbonyl (C=O) groups is 1. The molecule has 1 aliphatic heterocycles. The van der Waals surface area contributed by atoms with Gasteiger partial charge in [-0.25, -0.2) is 4.79 Å². The smallest absolute Gasteiger partial charge is 0.317 e. The number of urea groups is 1. The van der Waals surface area contributed by atoms with E-state index in [1.165, 1.54) is 12.0 Å². The highest BCUT2D eigenvalue weighted by atomic mass is 16.3. The van der Waals surface area contributed by atoms with Crippen molar-refractivity contribution >= 4 is 6.03 Å². The SMILES string of the molecule is O=C(NCC1CC1c1ccccc1)N1CCC(CO)C1. The third-order valence-corrected chi connectivity index (χ3v) is 4.50. The van der Waals surface area contributed by atoms with Gasteiger partial charge >= 0.3 is 6.03 Å². The summed E-state index contributed by atoms with van der Waals surface area (Å²) in [5.74, 6) is 1.46. The van der Waals surface area contributed by atoms with Crippen LogP contribution in [0.25, 0.3) is 0 Å². The summed E-state index contributed by atoms with van der Waals surface area (Å²) < 4.78 is 0. The number of benzene rings is 1. The Kier molecular flexibility index (Phi) is 3.92. The highest BCUT2D eigenvalue weighted by Crippen LogP contribution is 2.46. The number of rotatable bonds is 4. The van der Waals surface area contributed by atoms with Gasteiger partial charge < -0.3 is 15.3 Å². The van der Waals surface area contributed by atoms with Crippen LogP contribution in [0.3, 0.4) is 0 Å². The lowest BCUT2D eigenvalue weighted by Crippen LogP contribution is -2.39. The Hall–Kier alpha value is -1.55. The maximum Gasteiger partial charge on any atom is 0.317 e. The van der Waals surface area contributed by atoms with Crippen molar-refractivity contribution in [2.45, 2.75) is 18.8 Å². The highest BCUT2D eigenvalue weighted by molar-refractivity contribution is 5.74. The second kappa shape index (κ2) is 5.83. The molecule has 3 unspecified atom stereocenters. The molecule has 108 valence electrons. The van der Waals surface area contributed by atoms with Gasteiger partial charge in [0.25, 0.3) is 0 Å². The Labute approximate surface area is 119 Å². The van der Waals surface area contributed by atoms with Crippen LogP contribution in [-0.2, 0) is 0 Å². The lowest BCUT2D eigenvalue weighted by molar-refractivity contribution is 0.198. The molecule has 2 amide bonds. The molecule has 0 spiro atoms. The zero-order chi connectivity index (χ0) is 13.9. The van der Waals surface area contributed by atoms with E-state index in [2.05, 4.69) is 29.6 Å². The molecule has 4 heteroatoms. The first-order valence-corrected chi connectivity index (χ1v) is 7.46. The third kappa shape index (κ3) is 2.96. The number of aliphatic hydroxyl groups excluding tert-OH is 1. The molecule has 3 rings (SSSR count). The lowest BCUT2D eigenvalue weighted by atomic mass is 10.1. The van der Waals surface area contributed by atoms with E-state index < -0.39 is 0 Å². The Bertz CT molecular complexity index is 463. The maximum absolute atomic E-state index is 12.0. The Morgan fingerprint density at radius 3 is 2.85 bits per heavy atom. The largest absolute Gasteiger partial charge is 0.396 e. The second-order valence-electron chi connectivity index (χ2n) is 5.98. The molecule has 2 aliphatic rings. The summed E-state index contributed by atoms with van der Waals surface area (Å²) in [4.78, 5) is 13.8. The van der Waals surface area contributed by atoms with Gasteiger partial charge in [0, 0.05) is 32.2 Å². The van der Waals surface area contributed by atoms with Gasteiger partial charge in [-0.2, -0.15) is 0 Å². The molecule has 20 heavy (non-hydrogen) atoms. The van der Waals surface area contributed by atoms with Crippen LogP contribution < -0.4 is 5.32 Å². The van der Waals surface area contributed by atoms with Crippen LogP contribution >= 0.6 is 0 Å². The second-order valence-corrected chi connectivity index (χ2v) is 5.98. The van der Waals surface area contributed by atoms with Crippen LogP contribution in [0.4, 0.5) is 4.79 Å². The fourth-order valence-corrected chi connectivity index (χ4v) is 3.08. The Morgan fingerprint density at radius 1 is 1.35 bits per heavy atom. The molecule has 4 nitrogen and oxygen atoms in total. The fraction of sp³-hybridized carbons (Fsp3) is 0.562. The number of hydrogen-bond donors (Lipinski definition) is 2. The number of hydrogen-bond acceptors (Lipinski definition) is 2. The minimum atomic E-state index is 0.0275. The van der Waals surface area contributed by atoms with E-state index in [1.807, 2.05) is 11.0 Å². The molecule has 1 aromatic carbocycles. The average molecular weight is 274 g/mol. The standard InChI is InChI=1S/C16H22N2O2/c19-11-12-6-7-18(10-12)16(20)17-9-14-8-15(14)13-4-2-1-3-5-13/h1-5,12,14-15,19H,6-11H2,(H,17,20). The number of amides is 2. The van der Waals surface area contributed by atoms with Crippen molar-refractivity contribution in [1.29, 1.82) is 0 Å². The molecule has 1 heterocycles. The van der Waals surface area contributed by atoms with Crippen molar-refractivity contribution in [2.24, 2.45) is 11.8 Å². The van der Waals surface area contributed by atoms with Gasteiger partial charge in [0.05, 0.1) is 0 Å². The monoisotopic (exact) mass is 274 g/mol. The molecular formula is C16H22N2O2. The highest BCUT2D eigenvalue weighted by Gasteiger charge is 2.38. The summed E-state index contributed by atoms with van der Waals surface area (Å²) >= 11 is 0. The molecular weight excluding hydrogens is 252 g/mol. The van der Waals surface area contributed by atoms with Crippen molar-refractivity contribution in [3.63, 3.8) is 0 Å². The van der Waals surface area contributed by atoms with E-state index in [0.29, 0.717) is 18.4 Å². The summed E-state index contributed by atoms with van der Waals surface area (Å²) in [5, 5.41) is 12.1. The van der Waals surface area contributed by atoms with Crippen LogP contribution in [-0.4, -0.2) is 42.3 Å². The molecule has 0 bridgehead atoms. The zero-order valence-electron chi connectivity index (χ0n) is 11.7. The molecule has 1 aromatic rings. The first-order chi connectivity index (χ1) is 9.78. The van der Waals surface area contributed by atoms with E-state index in [0.717, 1.165) is 19.5 Å². The van der Waals surface area contributed by atoms with Crippen LogP contribution in [0, 0.1) is 11.8 Å². The van der Waals surface area contributed by atoms with E-state index >= 15 is 0 Å². The fourth-order valence-electron chi connectivity index (χ4n) is 3.08. The minimum absolute atomic E-state index is 0.0275. The van der Waals surface area contributed by atoms with Gasteiger partial charge in [-0.15, -0.1) is 0 Å². The predicted molar refractivity (Wildman–Crippen MR) is 77.5 cm³/mol. The third-order valence-electron chi connectivity index (χ3n) is 4.50. The Morgan fingerprint density at radius 2 is 2.15 bits per heavy atom. The lowest BCUT2D eigenvalue weighted by Gasteiger charge is -2.17. The Balaban J connectivity index is 1.42. The number of carbonyl (C=O) groups excluding carboxylic acids is 1. The number of nitrogens with zero attached hydrogens (tertiary/aromatic N) is 1. The van der Waals surface area contributed by atoms with Gasteiger partial charge in [-0.05, 0) is 30.2 Å². The van der Waals surface area contributed by atoms with Gasteiger partial charge in [0.15, 0.2) is 0 Å².